The molecule has 0 aliphatic carbocycles. The molecule has 0 aliphatic heterocycles. The van der Waals surface area contributed by atoms with Crippen molar-refractivity contribution in [3.05, 3.63) is 346 Å². The molecule has 0 spiro atoms. The number of benzene rings is 14. The molecule has 88 heavy (non-hydrogen) atoms. The number of para-hydroxylation sites is 4. The van der Waals surface area contributed by atoms with E-state index in [1.807, 2.05) is 0 Å². The summed E-state index contributed by atoms with van der Waals surface area (Å²) in [6, 6.07) is 129. The Morgan fingerprint density at radius 1 is 0.159 bits per heavy atom. The minimum atomic E-state index is -3.17. The zero-order chi connectivity index (χ0) is 58.1. The van der Waals surface area contributed by atoms with Gasteiger partial charge in [0.15, 0.2) is 8.07 Å². The summed E-state index contributed by atoms with van der Waals surface area (Å²) in [5.41, 5.74) is 19.8. The highest BCUT2D eigenvalue weighted by atomic mass is 28.3. The maximum Gasteiger partial charge on any atom is 0.179 e. The number of nitrogens with zero attached hydrogens (tertiary/aromatic N) is 3. The van der Waals surface area contributed by atoms with Crippen LogP contribution in [0.3, 0.4) is 0 Å². The molecule has 412 valence electrons. The van der Waals surface area contributed by atoms with E-state index in [2.05, 4.69) is 359 Å². The molecule has 0 amide bonds. The second kappa shape index (κ2) is 21.0. The lowest BCUT2D eigenvalue weighted by Crippen LogP contribution is -2.74. The van der Waals surface area contributed by atoms with E-state index in [0.29, 0.717) is 0 Å². The monoisotopic (exact) mass is 1140 g/mol. The summed E-state index contributed by atoms with van der Waals surface area (Å²) in [4.78, 5) is 0. The number of rotatable bonds is 11. The van der Waals surface area contributed by atoms with Crippen molar-refractivity contribution in [2.24, 2.45) is 0 Å². The van der Waals surface area contributed by atoms with Gasteiger partial charge in [0.05, 0.1) is 33.1 Å². The number of hydrogen-bond acceptors (Lipinski definition) is 0. The van der Waals surface area contributed by atoms with E-state index in [1.165, 1.54) is 109 Å². The molecule has 14 aromatic carbocycles. The first-order valence-corrected chi connectivity index (χ1v) is 32.4. The van der Waals surface area contributed by atoms with Crippen molar-refractivity contribution in [1.82, 2.24) is 13.7 Å². The van der Waals surface area contributed by atoms with Crippen LogP contribution in [-0.2, 0) is 0 Å². The van der Waals surface area contributed by atoms with Crippen molar-refractivity contribution in [3.8, 4) is 61.6 Å². The Balaban J connectivity index is 0.911. The van der Waals surface area contributed by atoms with Crippen LogP contribution in [0.2, 0.25) is 0 Å². The maximum absolute atomic E-state index is 3.17. The highest BCUT2D eigenvalue weighted by Crippen LogP contribution is 2.41. The number of fused-ring (bicyclic) bond motifs is 9. The van der Waals surface area contributed by atoms with E-state index in [-0.39, 0.29) is 0 Å². The van der Waals surface area contributed by atoms with Crippen LogP contribution < -0.4 is 20.7 Å². The molecule has 0 fully saturated rings. The minimum absolute atomic E-state index is 1.08. The largest absolute Gasteiger partial charge is 0.309 e. The van der Waals surface area contributed by atoms with Crippen molar-refractivity contribution in [2.45, 2.75) is 0 Å². The molecule has 0 atom stereocenters. The van der Waals surface area contributed by atoms with E-state index in [1.54, 1.807) is 0 Å². The molecule has 0 saturated carbocycles. The molecule has 3 heterocycles. The second-order valence-corrected chi connectivity index (χ2v) is 27.0. The van der Waals surface area contributed by atoms with Crippen LogP contribution in [-0.4, -0.2) is 21.8 Å². The van der Waals surface area contributed by atoms with Crippen LogP contribution in [0.25, 0.3) is 127 Å². The van der Waals surface area contributed by atoms with Crippen molar-refractivity contribution in [3.63, 3.8) is 0 Å². The lowest BCUT2D eigenvalue weighted by molar-refractivity contribution is 1.13. The van der Waals surface area contributed by atoms with Gasteiger partial charge >= 0.3 is 0 Å². The third-order valence-electron chi connectivity index (χ3n) is 18.3. The molecule has 3 aromatic heterocycles. The topological polar surface area (TPSA) is 14.8 Å². The van der Waals surface area contributed by atoms with E-state index in [0.717, 1.165) is 39.2 Å². The molecule has 4 heteroatoms. The third kappa shape index (κ3) is 8.33. The van der Waals surface area contributed by atoms with Gasteiger partial charge in [-0.1, -0.05) is 267 Å². The first-order chi connectivity index (χ1) is 43.6. The lowest BCUT2D eigenvalue weighted by Gasteiger charge is -2.35. The summed E-state index contributed by atoms with van der Waals surface area (Å²) in [6.07, 6.45) is 0. The van der Waals surface area contributed by atoms with Gasteiger partial charge in [-0.3, -0.25) is 0 Å². The Hall–Kier alpha value is -11.3. The second-order valence-electron chi connectivity index (χ2n) is 23.2. The first kappa shape index (κ1) is 51.1. The predicted octanol–water partition coefficient (Wildman–Crippen LogP) is 19.0. The van der Waals surface area contributed by atoms with E-state index in [4.69, 9.17) is 0 Å². The Kier molecular flexibility index (Phi) is 12.2. The zero-order valence-corrected chi connectivity index (χ0v) is 49.3. The van der Waals surface area contributed by atoms with E-state index >= 15 is 0 Å². The smallest absolute Gasteiger partial charge is 0.179 e. The van der Waals surface area contributed by atoms with Crippen LogP contribution in [0.15, 0.2) is 346 Å². The van der Waals surface area contributed by atoms with Crippen LogP contribution in [0.4, 0.5) is 0 Å². The first-order valence-electron chi connectivity index (χ1n) is 30.4. The van der Waals surface area contributed by atoms with Crippen molar-refractivity contribution >= 4 is 94.2 Å². The molecule has 0 aliphatic rings. The molecule has 0 bridgehead atoms. The van der Waals surface area contributed by atoms with Crippen molar-refractivity contribution < 1.29 is 0 Å². The molecule has 0 radical (unpaired) electrons. The molecule has 17 rings (SSSR count). The maximum atomic E-state index is 2.53. The third-order valence-corrected chi connectivity index (χ3v) is 23.0. The lowest BCUT2D eigenvalue weighted by atomic mass is 9.99. The SMILES string of the molecule is c1ccc(-c2cc(-c3ccccc3)cc([Si](c3ccccc3)(c3ccccc3)c3cccc(-c4cc(-n5c6ccccc6c6ccccc65)cc(-n5c6ccccc6c6cc(-n7c8ccccc8c8cc(-c9ccccc9)ccc87)ccc65)c4)c3)c2)cc1. The number of aromatic nitrogens is 3. The minimum Gasteiger partial charge on any atom is -0.309 e. The van der Waals surface area contributed by atoms with Crippen LogP contribution in [0.5, 0.6) is 0 Å². The fourth-order valence-electron chi connectivity index (χ4n) is 14.4. The van der Waals surface area contributed by atoms with Gasteiger partial charge in [0, 0.05) is 49.4 Å². The Labute approximate surface area is 512 Å². The van der Waals surface area contributed by atoms with Gasteiger partial charge in [-0.25, -0.2) is 0 Å². The number of hydrogen-bond donors (Lipinski definition) is 0. The quantitative estimate of drug-likeness (QED) is 0.0906. The standard InChI is InChI=1S/C84H57N3Si/c1-6-25-58(26-7-1)62-45-47-83-77(55-62)75-39-18-22-43-81(75)85(83)66-46-48-84-78(57-66)76-40-19-23-44-82(76)87(84)68-51-65(50-67(56-68)86-79-41-20-16-37-73(79)74-38-17-21-42-80(74)86)61-31-24-36-71(52-61)88(69-32-12-4-13-33-69,70-34-14-5-15-35-70)72-53-63(59-27-8-2-9-28-59)49-64(54-72)60-29-10-3-11-30-60/h1-57H. The van der Waals surface area contributed by atoms with Crippen LogP contribution >= 0.6 is 0 Å². The summed E-state index contributed by atoms with van der Waals surface area (Å²) in [7, 11) is -3.17. The average Bonchev–Trinajstić information content (AvgIpc) is 1.35. The molecule has 0 N–H and O–H groups in total. The van der Waals surface area contributed by atoms with Crippen LogP contribution in [0.1, 0.15) is 0 Å². The van der Waals surface area contributed by atoms with Gasteiger partial charge in [-0.05, 0) is 144 Å². The summed E-state index contributed by atoms with van der Waals surface area (Å²) in [6.45, 7) is 0. The summed E-state index contributed by atoms with van der Waals surface area (Å²) >= 11 is 0. The van der Waals surface area contributed by atoms with Gasteiger partial charge in [0.2, 0.25) is 0 Å². The van der Waals surface area contributed by atoms with Crippen molar-refractivity contribution in [1.29, 1.82) is 0 Å². The average molecular weight is 1140 g/mol. The molecule has 17 aromatic rings. The molecule has 3 nitrogen and oxygen atoms in total. The van der Waals surface area contributed by atoms with Gasteiger partial charge in [0.1, 0.15) is 0 Å². The fourth-order valence-corrected chi connectivity index (χ4v) is 19.3. The summed E-state index contributed by atoms with van der Waals surface area (Å²) < 4.78 is 7.43. The van der Waals surface area contributed by atoms with Gasteiger partial charge in [-0.15, -0.1) is 0 Å². The van der Waals surface area contributed by atoms with Gasteiger partial charge in [-0.2, -0.15) is 0 Å². The normalized spacial score (nSPS) is 11.9. The van der Waals surface area contributed by atoms with Crippen molar-refractivity contribution in [2.75, 3.05) is 0 Å². The Bertz CT molecular complexity index is 5340. The molecule has 0 unspecified atom stereocenters. The van der Waals surface area contributed by atoms with E-state index in [9.17, 15) is 0 Å². The fraction of sp³-hybridized carbons (Fsp3) is 0. The summed E-state index contributed by atoms with van der Waals surface area (Å²) in [5.74, 6) is 0. The molecular formula is C84H57N3Si. The summed E-state index contributed by atoms with van der Waals surface area (Å²) in [5, 5.41) is 12.6. The van der Waals surface area contributed by atoms with Crippen LogP contribution in [0, 0.1) is 0 Å². The molecule has 0 saturated heterocycles. The Morgan fingerprint density at radius 3 is 0.977 bits per heavy atom. The predicted molar refractivity (Wildman–Crippen MR) is 375 cm³/mol. The highest BCUT2D eigenvalue weighted by Gasteiger charge is 2.42. The molecular weight excluding hydrogens is 1080 g/mol. The Morgan fingerprint density at radius 2 is 0.489 bits per heavy atom. The van der Waals surface area contributed by atoms with E-state index < -0.39 is 8.07 Å². The van der Waals surface area contributed by atoms with Gasteiger partial charge < -0.3 is 13.7 Å². The van der Waals surface area contributed by atoms with Gasteiger partial charge in [0.25, 0.3) is 0 Å². The zero-order valence-electron chi connectivity index (χ0n) is 48.3. The highest BCUT2D eigenvalue weighted by molar-refractivity contribution is 7.20.